The number of halogens is 1. The van der Waals surface area contributed by atoms with Gasteiger partial charge in [0.15, 0.2) is 5.67 Å². The third kappa shape index (κ3) is 5.99. The Labute approximate surface area is 133 Å². The quantitative estimate of drug-likeness (QED) is 0.300. The minimum atomic E-state index is -2.58. The van der Waals surface area contributed by atoms with Crippen LogP contribution in [0.25, 0.3) is 0 Å². The predicted octanol–water partition coefficient (Wildman–Crippen LogP) is -0.157. The second kappa shape index (κ2) is 11.0. The molecule has 0 aliphatic rings. The highest BCUT2D eigenvalue weighted by atomic mass is 35.5. The lowest BCUT2D eigenvalue weighted by atomic mass is 10.2. The Bertz CT molecular complexity index is 230. The van der Waals surface area contributed by atoms with Gasteiger partial charge in [-0.15, -0.1) is 0 Å². The van der Waals surface area contributed by atoms with Crippen LogP contribution >= 0.6 is 0 Å². The van der Waals surface area contributed by atoms with Crippen LogP contribution in [0.3, 0.4) is 0 Å². The maximum absolute atomic E-state index is 5.68. The third-order valence-corrected chi connectivity index (χ3v) is 7.71. The zero-order valence-electron chi connectivity index (χ0n) is 14.4. The van der Waals surface area contributed by atoms with Gasteiger partial charge in [-0.2, -0.15) is 0 Å². The molecule has 124 valence electrons. The summed E-state index contributed by atoms with van der Waals surface area (Å²) in [6.45, 7) is 5.58. The monoisotopic (exact) mass is 327 g/mol. The Hall–Kier alpha value is 0.347. The fourth-order valence-electron chi connectivity index (χ4n) is 2.93. The van der Waals surface area contributed by atoms with Crippen LogP contribution in [0.5, 0.6) is 0 Å². The maximum Gasteiger partial charge on any atom is 0.561 e. The topological polar surface area (TPSA) is 27.7 Å². The van der Waals surface area contributed by atoms with Crippen LogP contribution in [-0.2, 0) is 13.3 Å². The van der Waals surface area contributed by atoms with Crippen molar-refractivity contribution in [3.63, 3.8) is 0 Å². The summed E-state index contributed by atoms with van der Waals surface area (Å²) in [5, 5.41) is 0. The summed E-state index contributed by atoms with van der Waals surface area (Å²) in [6, 6.07) is 0. The summed E-state index contributed by atoms with van der Waals surface area (Å²) in [5.41, 5.74) is 0.286. The lowest BCUT2D eigenvalue weighted by Crippen LogP contribution is -3.00. The number of rotatable bonds is 11. The molecule has 0 aliphatic carbocycles. The lowest BCUT2D eigenvalue weighted by Gasteiger charge is -2.43. The van der Waals surface area contributed by atoms with E-state index >= 15 is 0 Å². The molecule has 0 aliphatic heterocycles. The number of hydrogen-bond acceptors (Lipinski definition) is 3. The molecule has 0 heterocycles. The van der Waals surface area contributed by atoms with Crippen molar-refractivity contribution in [1.82, 2.24) is 0 Å². The molecule has 0 saturated carbocycles. The number of quaternary nitrogens is 1. The first-order valence-corrected chi connectivity index (χ1v) is 9.22. The molecule has 0 bridgehead atoms. The van der Waals surface area contributed by atoms with E-state index in [1.165, 1.54) is 25.7 Å². The number of nitrogens with zero attached hydrogens (tertiary/aromatic N) is 1. The van der Waals surface area contributed by atoms with Crippen molar-refractivity contribution in [1.29, 1.82) is 0 Å². The first kappa shape index (κ1) is 22.6. The largest absolute Gasteiger partial charge is 1.00 e. The summed E-state index contributed by atoms with van der Waals surface area (Å²) in [6.07, 6.45) is 6.15. The van der Waals surface area contributed by atoms with Gasteiger partial charge in [0.25, 0.3) is 0 Å². The molecule has 0 aromatic heterocycles. The molecule has 0 N–H and O–H groups in total. The predicted molar refractivity (Wildman–Crippen MR) is 82.0 cm³/mol. The number of unbranched alkanes of at least 4 members (excludes halogenated alkanes) is 3. The van der Waals surface area contributed by atoms with Gasteiger partial charge in [0.1, 0.15) is 0 Å². The zero-order valence-corrected chi connectivity index (χ0v) is 16.1. The van der Waals surface area contributed by atoms with Gasteiger partial charge < -0.3 is 30.2 Å². The van der Waals surface area contributed by atoms with E-state index in [9.17, 15) is 0 Å². The molecule has 1 atom stereocenters. The normalized spacial score (nSPS) is 13.9. The third-order valence-electron chi connectivity index (χ3n) is 4.08. The fraction of sp³-hybridized carbons (Fsp3) is 1.00. The minimum absolute atomic E-state index is 0. The molecule has 0 radical (unpaired) electrons. The molecular formula is C14H34ClNO3Si. The van der Waals surface area contributed by atoms with Gasteiger partial charge in [0.2, 0.25) is 0 Å². The molecule has 0 spiro atoms. The molecular weight excluding hydrogens is 294 g/mol. The van der Waals surface area contributed by atoms with Gasteiger partial charge >= 0.3 is 8.80 Å². The van der Waals surface area contributed by atoms with Crippen LogP contribution in [0.4, 0.5) is 0 Å². The van der Waals surface area contributed by atoms with Gasteiger partial charge in [-0.3, -0.25) is 0 Å². The van der Waals surface area contributed by atoms with Crippen molar-refractivity contribution in [3.8, 4) is 0 Å². The van der Waals surface area contributed by atoms with Crippen molar-refractivity contribution in [2.75, 3.05) is 42.0 Å². The van der Waals surface area contributed by atoms with Crippen molar-refractivity contribution in [3.05, 3.63) is 0 Å². The first-order chi connectivity index (χ1) is 8.94. The molecule has 0 rings (SSSR count). The van der Waals surface area contributed by atoms with Crippen LogP contribution in [0.2, 0.25) is 0 Å². The first-order valence-electron chi connectivity index (χ1n) is 7.42. The van der Waals surface area contributed by atoms with Crippen LogP contribution in [0.1, 0.15) is 46.0 Å². The van der Waals surface area contributed by atoms with Crippen molar-refractivity contribution in [2.45, 2.75) is 51.6 Å². The Morgan fingerprint density at radius 1 is 0.900 bits per heavy atom. The summed E-state index contributed by atoms with van der Waals surface area (Å²) in [7, 11) is 7.07. The maximum atomic E-state index is 5.68. The van der Waals surface area contributed by atoms with Crippen LogP contribution in [0.15, 0.2) is 0 Å². The Balaban J connectivity index is 0. The van der Waals surface area contributed by atoms with E-state index in [1.54, 1.807) is 21.3 Å². The summed E-state index contributed by atoms with van der Waals surface area (Å²) in [4.78, 5) is 0. The summed E-state index contributed by atoms with van der Waals surface area (Å²) < 4.78 is 18.0. The highest BCUT2D eigenvalue weighted by molar-refractivity contribution is 6.62. The molecule has 4 nitrogen and oxygen atoms in total. The van der Waals surface area contributed by atoms with Crippen molar-refractivity contribution >= 4 is 8.80 Å². The van der Waals surface area contributed by atoms with Gasteiger partial charge in [-0.1, -0.05) is 26.7 Å². The molecule has 0 amide bonds. The molecule has 0 aromatic rings. The molecule has 0 fully saturated rings. The average molecular weight is 328 g/mol. The van der Waals surface area contributed by atoms with Crippen molar-refractivity contribution in [2.24, 2.45) is 0 Å². The van der Waals surface area contributed by atoms with E-state index in [2.05, 4.69) is 27.9 Å². The van der Waals surface area contributed by atoms with E-state index in [1.807, 2.05) is 0 Å². The summed E-state index contributed by atoms with van der Waals surface area (Å²) >= 11 is 0. The highest BCUT2D eigenvalue weighted by Crippen LogP contribution is 2.25. The van der Waals surface area contributed by atoms with E-state index < -0.39 is 8.80 Å². The van der Waals surface area contributed by atoms with Gasteiger partial charge in [-0.05, 0) is 12.8 Å². The molecule has 0 aromatic carbocycles. The highest BCUT2D eigenvalue weighted by Gasteiger charge is 2.55. The molecule has 20 heavy (non-hydrogen) atoms. The second-order valence-electron chi connectivity index (χ2n) is 5.70. The van der Waals surface area contributed by atoms with E-state index in [0.717, 1.165) is 17.4 Å². The standard InChI is InChI=1S/C14H34NO3Si.ClH/c1-8-10-11-12-13-15(3,4)14(9-2)19(16-5,17-6)18-7;/h14H,8-13H2,1-7H3;1H/q+1;/p-1. The molecule has 1 unspecified atom stereocenters. The van der Waals surface area contributed by atoms with E-state index in [4.69, 9.17) is 13.3 Å². The minimum Gasteiger partial charge on any atom is -1.00 e. The SMILES string of the molecule is CCCCCC[N+](C)(C)C(CC)[Si](OC)(OC)OC.[Cl-]. The van der Waals surface area contributed by atoms with Crippen LogP contribution in [0, 0.1) is 0 Å². The lowest BCUT2D eigenvalue weighted by molar-refractivity contribution is -0.906. The van der Waals surface area contributed by atoms with Crippen molar-refractivity contribution < 1.29 is 30.2 Å². The number of hydrogen-bond donors (Lipinski definition) is 0. The van der Waals surface area contributed by atoms with Gasteiger partial charge in [-0.25, -0.2) is 0 Å². The average Bonchev–Trinajstić information content (AvgIpc) is 2.41. The zero-order chi connectivity index (χ0) is 14.9. The smallest absolute Gasteiger partial charge is 0.561 e. The van der Waals surface area contributed by atoms with Gasteiger partial charge in [0, 0.05) is 27.8 Å². The Morgan fingerprint density at radius 3 is 1.75 bits per heavy atom. The summed E-state index contributed by atoms with van der Waals surface area (Å²) in [5.74, 6) is 0. The molecule has 6 heteroatoms. The second-order valence-corrected chi connectivity index (χ2v) is 8.80. The fourth-order valence-corrected chi connectivity index (χ4v) is 5.73. The Kier molecular flexibility index (Phi) is 12.4. The molecule has 0 saturated heterocycles. The van der Waals surface area contributed by atoms with E-state index in [-0.39, 0.29) is 18.1 Å². The van der Waals surface area contributed by atoms with Gasteiger partial charge in [0.05, 0.1) is 20.6 Å². The van der Waals surface area contributed by atoms with Crippen LogP contribution in [-0.4, -0.2) is 60.9 Å². The Morgan fingerprint density at radius 2 is 1.40 bits per heavy atom. The van der Waals surface area contributed by atoms with Crippen LogP contribution < -0.4 is 12.4 Å². The van der Waals surface area contributed by atoms with E-state index in [0.29, 0.717) is 0 Å².